The van der Waals surface area contributed by atoms with Gasteiger partial charge in [0.1, 0.15) is 22.8 Å². The van der Waals surface area contributed by atoms with Crippen molar-refractivity contribution in [2.45, 2.75) is 19.8 Å². The molecule has 0 bridgehead atoms. The number of carbonyl (C=O) groups excluding carboxylic acids is 1. The van der Waals surface area contributed by atoms with E-state index in [1.807, 2.05) is 6.07 Å². The lowest BCUT2D eigenvalue weighted by Gasteiger charge is -2.16. The van der Waals surface area contributed by atoms with E-state index in [0.717, 1.165) is 30.7 Å². The van der Waals surface area contributed by atoms with Gasteiger partial charge in [-0.3, -0.25) is 4.99 Å². The Morgan fingerprint density at radius 1 is 1.25 bits per heavy atom. The first-order valence-corrected chi connectivity index (χ1v) is 7.83. The van der Waals surface area contributed by atoms with E-state index in [2.05, 4.69) is 4.99 Å². The molecule has 2 aromatic rings. The summed E-state index contributed by atoms with van der Waals surface area (Å²) in [5.74, 6) is 0.228. The van der Waals surface area contributed by atoms with Crippen molar-refractivity contribution in [1.82, 2.24) is 0 Å². The molecule has 5 nitrogen and oxygen atoms in total. The molecule has 0 radical (unpaired) electrons. The number of rotatable bonds is 4. The van der Waals surface area contributed by atoms with Gasteiger partial charge in [0.25, 0.3) is 0 Å². The van der Waals surface area contributed by atoms with Crippen molar-refractivity contribution >= 4 is 11.7 Å². The topological polar surface area (TPSA) is 68.1 Å². The first kappa shape index (κ1) is 16.1. The summed E-state index contributed by atoms with van der Waals surface area (Å²) in [6.45, 7) is 2.51. The number of hydrogen-bond donors (Lipinski definition) is 1. The molecule has 0 fully saturated rings. The first-order chi connectivity index (χ1) is 11.6. The van der Waals surface area contributed by atoms with Crippen molar-refractivity contribution in [3.63, 3.8) is 0 Å². The second kappa shape index (κ2) is 6.74. The molecule has 24 heavy (non-hydrogen) atoms. The zero-order chi connectivity index (χ0) is 17.1. The van der Waals surface area contributed by atoms with E-state index in [4.69, 9.17) is 9.47 Å². The number of benzene rings is 2. The highest BCUT2D eigenvalue weighted by Gasteiger charge is 2.25. The van der Waals surface area contributed by atoms with Gasteiger partial charge in [-0.1, -0.05) is 18.2 Å². The minimum atomic E-state index is -0.616. The van der Waals surface area contributed by atoms with Gasteiger partial charge in [0.15, 0.2) is 0 Å². The number of phenolic OH excluding ortho intramolecular Hbond substituents is 1. The summed E-state index contributed by atoms with van der Waals surface area (Å²) in [6, 6.07) is 10.3. The van der Waals surface area contributed by atoms with Crippen molar-refractivity contribution < 1.29 is 19.4 Å². The number of nitrogens with zero attached hydrogens (tertiary/aromatic N) is 1. The molecule has 0 aliphatic carbocycles. The molecule has 0 saturated carbocycles. The maximum atomic E-state index is 12.5. The van der Waals surface area contributed by atoms with E-state index in [1.165, 1.54) is 6.07 Å². The molecule has 0 aromatic heterocycles. The van der Waals surface area contributed by atoms with Crippen LogP contribution in [0.2, 0.25) is 0 Å². The Balaban J connectivity index is 2.01. The summed E-state index contributed by atoms with van der Waals surface area (Å²) in [5.41, 5.74) is 2.29. The Bertz CT molecular complexity index is 797. The lowest BCUT2D eigenvalue weighted by atomic mass is 9.98. The molecule has 0 atom stereocenters. The van der Waals surface area contributed by atoms with Crippen LogP contribution >= 0.6 is 0 Å². The molecule has 0 saturated heterocycles. The van der Waals surface area contributed by atoms with Crippen LogP contribution in [0.3, 0.4) is 0 Å². The molecule has 124 valence electrons. The molecule has 3 rings (SSSR count). The van der Waals surface area contributed by atoms with Gasteiger partial charge in [-0.2, -0.15) is 0 Å². The quantitative estimate of drug-likeness (QED) is 0.690. The molecule has 0 unspecified atom stereocenters. The minimum absolute atomic E-state index is 0.109. The highest BCUT2D eigenvalue weighted by atomic mass is 16.5. The molecule has 5 heteroatoms. The summed E-state index contributed by atoms with van der Waals surface area (Å²) in [5, 5.41) is 10.4. The number of phenols is 1. The molecule has 0 spiro atoms. The highest BCUT2D eigenvalue weighted by Crippen LogP contribution is 2.36. The van der Waals surface area contributed by atoms with Gasteiger partial charge in [-0.25, -0.2) is 4.79 Å². The van der Waals surface area contributed by atoms with Crippen molar-refractivity contribution in [1.29, 1.82) is 0 Å². The number of methoxy groups -OCH3 is 1. The van der Waals surface area contributed by atoms with Crippen LogP contribution in [0.1, 0.15) is 34.3 Å². The third-order valence-corrected chi connectivity index (χ3v) is 4.04. The van der Waals surface area contributed by atoms with Gasteiger partial charge >= 0.3 is 5.97 Å². The second-order valence-electron chi connectivity index (χ2n) is 5.61. The van der Waals surface area contributed by atoms with E-state index < -0.39 is 5.97 Å². The first-order valence-electron chi connectivity index (χ1n) is 7.83. The van der Waals surface area contributed by atoms with Crippen molar-refractivity contribution in [3.8, 4) is 17.2 Å². The molecule has 1 N–H and O–H groups in total. The highest BCUT2D eigenvalue weighted by molar-refractivity contribution is 6.06. The van der Waals surface area contributed by atoms with Gasteiger partial charge in [-0.15, -0.1) is 0 Å². The standard InChI is InChI=1S/C19H19NO4/c1-12-17(19(22)24-13-7-4-3-5-8-13)16(21)11-14(18(12)23-2)15-9-6-10-20-15/h3-5,7-8,11,21H,6,9-10H2,1-2H3. The van der Waals surface area contributed by atoms with E-state index >= 15 is 0 Å². The average molecular weight is 325 g/mol. The predicted octanol–water partition coefficient (Wildman–Crippen LogP) is 3.51. The smallest absolute Gasteiger partial charge is 0.347 e. The number of ether oxygens (including phenoxy) is 2. The SMILES string of the molecule is COc1c(C2=NCCC2)cc(O)c(C(=O)Oc2ccccc2)c1C. The predicted molar refractivity (Wildman–Crippen MR) is 91.4 cm³/mol. The van der Waals surface area contributed by atoms with Crippen molar-refractivity contribution in [2.24, 2.45) is 4.99 Å². The molecule has 1 heterocycles. The van der Waals surface area contributed by atoms with Gasteiger partial charge in [0.2, 0.25) is 0 Å². The molecular weight excluding hydrogens is 306 g/mol. The Labute approximate surface area is 140 Å². The zero-order valence-corrected chi connectivity index (χ0v) is 13.7. The van der Waals surface area contributed by atoms with Crippen LogP contribution < -0.4 is 9.47 Å². The fourth-order valence-corrected chi connectivity index (χ4v) is 2.92. The maximum Gasteiger partial charge on any atom is 0.347 e. The Morgan fingerprint density at radius 3 is 2.62 bits per heavy atom. The van der Waals surface area contributed by atoms with Crippen LogP contribution in [0.25, 0.3) is 0 Å². The minimum Gasteiger partial charge on any atom is -0.507 e. The number of hydrogen-bond acceptors (Lipinski definition) is 5. The van der Waals surface area contributed by atoms with Gasteiger partial charge in [-0.05, 0) is 38.0 Å². The fourth-order valence-electron chi connectivity index (χ4n) is 2.92. The van der Waals surface area contributed by atoms with E-state index in [-0.39, 0.29) is 11.3 Å². The number of aromatic hydroxyl groups is 1. The van der Waals surface area contributed by atoms with Crippen molar-refractivity contribution in [2.75, 3.05) is 13.7 Å². The third kappa shape index (κ3) is 2.97. The Hall–Kier alpha value is -2.82. The second-order valence-corrected chi connectivity index (χ2v) is 5.61. The van der Waals surface area contributed by atoms with E-state index in [0.29, 0.717) is 17.1 Å². The molecule has 1 aliphatic heterocycles. The van der Waals surface area contributed by atoms with E-state index in [9.17, 15) is 9.90 Å². The number of carbonyl (C=O) groups is 1. The Morgan fingerprint density at radius 2 is 2.00 bits per heavy atom. The van der Waals surface area contributed by atoms with Crippen LogP contribution in [0.4, 0.5) is 0 Å². The third-order valence-electron chi connectivity index (χ3n) is 4.04. The van der Waals surface area contributed by atoms with Crippen molar-refractivity contribution in [3.05, 3.63) is 53.1 Å². The monoisotopic (exact) mass is 325 g/mol. The largest absolute Gasteiger partial charge is 0.507 e. The lowest BCUT2D eigenvalue weighted by Crippen LogP contribution is -2.13. The summed E-state index contributed by atoms with van der Waals surface area (Å²) < 4.78 is 10.8. The van der Waals surface area contributed by atoms with Crippen LogP contribution in [-0.4, -0.2) is 30.4 Å². The number of para-hydroxylation sites is 1. The Kier molecular flexibility index (Phi) is 4.51. The van der Waals surface area contributed by atoms with Crippen LogP contribution in [0.5, 0.6) is 17.2 Å². The zero-order valence-electron chi connectivity index (χ0n) is 13.7. The molecule has 0 amide bonds. The summed E-state index contributed by atoms with van der Waals surface area (Å²) in [7, 11) is 1.55. The summed E-state index contributed by atoms with van der Waals surface area (Å²) in [4.78, 5) is 16.9. The average Bonchev–Trinajstić information content (AvgIpc) is 3.09. The number of esters is 1. The lowest BCUT2D eigenvalue weighted by molar-refractivity contribution is 0.0730. The maximum absolute atomic E-state index is 12.5. The summed E-state index contributed by atoms with van der Waals surface area (Å²) >= 11 is 0. The molecular formula is C19H19NO4. The summed E-state index contributed by atoms with van der Waals surface area (Å²) in [6.07, 6.45) is 1.82. The number of aliphatic imine (C=N–C) groups is 1. The molecule has 1 aliphatic rings. The molecule has 2 aromatic carbocycles. The van der Waals surface area contributed by atoms with Crippen LogP contribution in [0.15, 0.2) is 41.4 Å². The normalized spacial score (nSPS) is 13.5. The van der Waals surface area contributed by atoms with Gasteiger partial charge in [0, 0.05) is 23.4 Å². The van der Waals surface area contributed by atoms with Gasteiger partial charge in [0.05, 0.1) is 7.11 Å². The van der Waals surface area contributed by atoms with E-state index in [1.54, 1.807) is 38.3 Å². The van der Waals surface area contributed by atoms with Crippen LogP contribution in [-0.2, 0) is 0 Å². The fraction of sp³-hybridized carbons (Fsp3) is 0.263. The van der Waals surface area contributed by atoms with Gasteiger partial charge < -0.3 is 14.6 Å². The van der Waals surface area contributed by atoms with Crippen LogP contribution in [0, 0.1) is 6.92 Å².